The van der Waals surface area contributed by atoms with E-state index in [2.05, 4.69) is 0 Å². The van der Waals surface area contributed by atoms with Gasteiger partial charge in [0, 0.05) is 11.4 Å². The third-order valence-corrected chi connectivity index (χ3v) is 2.35. The Balaban J connectivity index is 3.13. The standard InChI is InChI=1S/C10H10Cl2O/c1-6-3-7(2)8(5-10(12)13)9(11)4-6/h3-4H,5H2,1-2H3. The van der Waals surface area contributed by atoms with Crippen LogP contribution in [0.2, 0.25) is 5.02 Å². The summed E-state index contributed by atoms with van der Waals surface area (Å²) in [6.07, 6.45) is 0.201. The molecule has 1 nitrogen and oxygen atoms in total. The van der Waals surface area contributed by atoms with Crippen molar-refractivity contribution in [2.45, 2.75) is 20.3 Å². The minimum Gasteiger partial charge on any atom is -0.281 e. The molecule has 0 aliphatic heterocycles. The fourth-order valence-electron chi connectivity index (χ4n) is 1.31. The summed E-state index contributed by atoms with van der Waals surface area (Å²) in [4.78, 5) is 10.7. The first-order chi connectivity index (χ1) is 6.00. The minimum absolute atomic E-state index is 0.201. The monoisotopic (exact) mass is 216 g/mol. The van der Waals surface area contributed by atoms with E-state index in [1.54, 1.807) is 0 Å². The Morgan fingerprint density at radius 1 is 1.38 bits per heavy atom. The number of hydrogen-bond donors (Lipinski definition) is 0. The molecule has 1 aromatic rings. The zero-order valence-electron chi connectivity index (χ0n) is 7.53. The second kappa shape index (κ2) is 4.12. The van der Waals surface area contributed by atoms with Gasteiger partial charge in [0.15, 0.2) is 0 Å². The third-order valence-electron chi connectivity index (χ3n) is 1.88. The Bertz CT molecular complexity index is 322. The van der Waals surface area contributed by atoms with Gasteiger partial charge in [-0.1, -0.05) is 17.7 Å². The smallest absolute Gasteiger partial charge is 0.226 e. The van der Waals surface area contributed by atoms with E-state index in [0.29, 0.717) is 5.02 Å². The highest BCUT2D eigenvalue weighted by molar-refractivity contribution is 6.63. The van der Waals surface area contributed by atoms with Crippen LogP contribution in [-0.4, -0.2) is 5.24 Å². The Labute approximate surface area is 87.7 Å². The molecular weight excluding hydrogens is 207 g/mol. The molecule has 13 heavy (non-hydrogen) atoms. The Hall–Kier alpha value is -0.530. The maximum absolute atomic E-state index is 10.7. The number of rotatable bonds is 2. The van der Waals surface area contributed by atoms with Crippen molar-refractivity contribution in [2.75, 3.05) is 0 Å². The highest BCUT2D eigenvalue weighted by atomic mass is 35.5. The van der Waals surface area contributed by atoms with Crippen molar-refractivity contribution >= 4 is 28.4 Å². The van der Waals surface area contributed by atoms with Crippen LogP contribution in [0.5, 0.6) is 0 Å². The molecule has 0 aliphatic carbocycles. The third kappa shape index (κ3) is 2.71. The number of benzene rings is 1. The minimum atomic E-state index is -0.381. The lowest BCUT2D eigenvalue weighted by atomic mass is 10.0. The molecule has 0 bridgehead atoms. The number of aryl methyl sites for hydroxylation is 2. The fraction of sp³-hybridized carbons (Fsp3) is 0.300. The van der Waals surface area contributed by atoms with Crippen LogP contribution < -0.4 is 0 Å². The maximum atomic E-state index is 10.7. The molecule has 70 valence electrons. The van der Waals surface area contributed by atoms with Gasteiger partial charge in [0.25, 0.3) is 0 Å². The second-order valence-corrected chi connectivity index (χ2v) is 3.90. The van der Waals surface area contributed by atoms with E-state index in [-0.39, 0.29) is 11.7 Å². The van der Waals surface area contributed by atoms with Gasteiger partial charge in [0.05, 0.1) is 0 Å². The molecule has 1 rings (SSSR count). The number of carbonyl (C=O) groups is 1. The average molecular weight is 217 g/mol. The van der Waals surface area contributed by atoms with Crippen LogP contribution in [0.3, 0.4) is 0 Å². The van der Waals surface area contributed by atoms with Crippen LogP contribution in [0, 0.1) is 13.8 Å². The lowest BCUT2D eigenvalue weighted by Gasteiger charge is -2.06. The number of carbonyl (C=O) groups excluding carboxylic acids is 1. The molecule has 0 spiro atoms. The molecule has 0 radical (unpaired) electrons. The summed E-state index contributed by atoms with van der Waals surface area (Å²) in [6.45, 7) is 3.89. The lowest BCUT2D eigenvalue weighted by molar-refractivity contribution is -0.111. The van der Waals surface area contributed by atoms with Gasteiger partial charge in [-0.15, -0.1) is 0 Å². The van der Waals surface area contributed by atoms with Gasteiger partial charge in [-0.05, 0) is 48.2 Å². The summed E-state index contributed by atoms with van der Waals surface area (Å²) < 4.78 is 0. The van der Waals surface area contributed by atoms with E-state index in [0.717, 1.165) is 16.7 Å². The molecule has 0 aliphatic rings. The molecule has 0 fully saturated rings. The van der Waals surface area contributed by atoms with Crippen molar-refractivity contribution in [2.24, 2.45) is 0 Å². The molecule has 1 aromatic carbocycles. The highest BCUT2D eigenvalue weighted by Crippen LogP contribution is 2.22. The zero-order valence-corrected chi connectivity index (χ0v) is 9.04. The summed E-state index contributed by atoms with van der Waals surface area (Å²) in [6, 6.07) is 3.82. The zero-order chi connectivity index (χ0) is 10.0. The first-order valence-corrected chi connectivity index (χ1v) is 4.70. The molecule has 3 heteroatoms. The van der Waals surface area contributed by atoms with Gasteiger partial charge in [0.2, 0.25) is 5.24 Å². The Kier molecular flexibility index (Phi) is 3.34. The topological polar surface area (TPSA) is 17.1 Å². The van der Waals surface area contributed by atoms with Crippen molar-refractivity contribution in [1.82, 2.24) is 0 Å². The van der Waals surface area contributed by atoms with E-state index < -0.39 is 0 Å². The normalized spacial score (nSPS) is 10.2. The van der Waals surface area contributed by atoms with E-state index in [1.165, 1.54) is 0 Å². The van der Waals surface area contributed by atoms with Crippen LogP contribution in [0.4, 0.5) is 0 Å². The van der Waals surface area contributed by atoms with E-state index in [4.69, 9.17) is 23.2 Å². The summed E-state index contributed by atoms with van der Waals surface area (Å²) in [5.41, 5.74) is 2.93. The van der Waals surface area contributed by atoms with Crippen molar-refractivity contribution in [3.63, 3.8) is 0 Å². The van der Waals surface area contributed by atoms with Crippen molar-refractivity contribution in [3.8, 4) is 0 Å². The summed E-state index contributed by atoms with van der Waals surface area (Å²) in [5, 5.41) is 0.236. The first-order valence-electron chi connectivity index (χ1n) is 3.94. The number of halogens is 2. The van der Waals surface area contributed by atoms with Gasteiger partial charge < -0.3 is 0 Å². The Morgan fingerprint density at radius 2 is 2.00 bits per heavy atom. The molecule has 0 aromatic heterocycles. The van der Waals surface area contributed by atoms with Crippen LogP contribution in [-0.2, 0) is 11.2 Å². The molecule has 0 unspecified atom stereocenters. The SMILES string of the molecule is Cc1cc(C)c(CC(=O)Cl)c(Cl)c1. The van der Waals surface area contributed by atoms with Gasteiger partial charge in [0.1, 0.15) is 0 Å². The molecule has 0 amide bonds. The molecule has 0 saturated heterocycles. The van der Waals surface area contributed by atoms with Crippen molar-refractivity contribution in [3.05, 3.63) is 33.8 Å². The van der Waals surface area contributed by atoms with E-state index in [9.17, 15) is 4.79 Å². The molecule has 0 saturated carbocycles. The predicted octanol–water partition coefficient (Wildman–Crippen LogP) is 3.26. The van der Waals surface area contributed by atoms with Crippen LogP contribution >= 0.6 is 23.2 Å². The first kappa shape index (κ1) is 10.6. The molecule has 0 N–H and O–H groups in total. The summed E-state index contributed by atoms with van der Waals surface area (Å²) in [7, 11) is 0. The fourth-order valence-corrected chi connectivity index (χ4v) is 1.83. The Morgan fingerprint density at radius 3 is 2.46 bits per heavy atom. The molecule has 0 heterocycles. The maximum Gasteiger partial charge on any atom is 0.226 e. The van der Waals surface area contributed by atoms with Gasteiger partial charge >= 0.3 is 0 Å². The highest BCUT2D eigenvalue weighted by Gasteiger charge is 2.08. The largest absolute Gasteiger partial charge is 0.281 e. The second-order valence-electron chi connectivity index (χ2n) is 3.07. The average Bonchev–Trinajstić information content (AvgIpc) is 1.96. The van der Waals surface area contributed by atoms with Gasteiger partial charge in [-0.3, -0.25) is 4.79 Å². The molecule has 0 atom stereocenters. The van der Waals surface area contributed by atoms with Gasteiger partial charge in [-0.2, -0.15) is 0 Å². The van der Waals surface area contributed by atoms with Crippen molar-refractivity contribution in [1.29, 1.82) is 0 Å². The van der Waals surface area contributed by atoms with Crippen LogP contribution in [0.15, 0.2) is 12.1 Å². The van der Waals surface area contributed by atoms with E-state index in [1.807, 2.05) is 26.0 Å². The summed E-state index contributed by atoms with van der Waals surface area (Å²) in [5.74, 6) is 0. The summed E-state index contributed by atoms with van der Waals surface area (Å²) >= 11 is 11.3. The quantitative estimate of drug-likeness (QED) is 0.695. The molecular formula is C10H10Cl2O. The number of hydrogen-bond acceptors (Lipinski definition) is 1. The van der Waals surface area contributed by atoms with Crippen LogP contribution in [0.25, 0.3) is 0 Å². The lowest BCUT2D eigenvalue weighted by Crippen LogP contribution is -1.98. The van der Waals surface area contributed by atoms with Gasteiger partial charge in [-0.25, -0.2) is 0 Å². The van der Waals surface area contributed by atoms with E-state index >= 15 is 0 Å². The van der Waals surface area contributed by atoms with Crippen LogP contribution in [0.1, 0.15) is 16.7 Å². The van der Waals surface area contributed by atoms with Crippen molar-refractivity contribution < 1.29 is 4.79 Å². The predicted molar refractivity (Wildman–Crippen MR) is 55.5 cm³/mol.